The Balaban J connectivity index is 1.91. The fraction of sp³-hybridized carbons (Fsp3) is 0.476. The molecule has 0 aliphatic heterocycles. The van der Waals surface area contributed by atoms with Gasteiger partial charge in [-0.2, -0.15) is 0 Å². The third-order valence-electron chi connectivity index (χ3n) is 5.18. The second kappa shape index (κ2) is 7.85. The van der Waals surface area contributed by atoms with Crippen molar-refractivity contribution in [3.63, 3.8) is 0 Å². The van der Waals surface area contributed by atoms with Crippen molar-refractivity contribution in [3.8, 4) is 11.4 Å². The summed E-state index contributed by atoms with van der Waals surface area (Å²) in [5.41, 5.74) is 2.72. The predicted molar refractivity (Wildman–Crippen MR) is 105 cm³/mol. The molecule has 5 heteroatoms. The Morgan fingerprint density at radius 3 is 2.31 bits per heavy atom. The highest BCUT2D eigenvalue weighted by Gasteiger charge is 2.26. The monoisotopic (exact) mass is 352 g/mol. The lowest BCUT2D eigenvalue weighted by Crippen LogP contribution is -2.39. The maximum Gasteiger partial charge on any atom is 0.259 e. The van der Waals surface area contributed by atoms with Gasteiger partial charge in [0.15, 0.2) is 5.82 Å². The highest BCUT2D eigenvalue weighted by atomic mass is 16.2. The number of benzene rings is 1. The molecule has 26 heavy (non-hydrogen) atoms. The molecule has 0 unspecified atom stereocenters. The van der Waals surface area contributed by atoms with Gasteiger partial charge in [0.25, 0.3) is 5.91 Å². The van der Waals surface area contributed by atoms with Gasteiger partial charge in [0.05, 0.1) is 0 Å². The maximum atomic E-state index is 13.1. The van der Waals surface area contributed by atoms with E-state index in [1.165, 1.54) is 24.8 Å². The van der Waals surface area contributed by atoms with Crippen molar-refractivity contribution in [2.75, 3.05) is 26.0 Å². The number of carbonyl (C=O) groups is 1. The average Bonchev–Trinajstić information content (AvgIpc) is 2.67. The summed E-state index contributed by atoms with van der Waals surface area (Å²) >= 11 is 0. The molecule has 0 bridgehead atoms. The molecule has 3 rings (SSSR count). The van der Waals surface area contributed by atoms with Crippen molar-refractivity contribution in [1.29, 1.82) is 0 Å². The first-order chi connectivity index (χ1) is 12.5. The van der Waals surface area contributed by atoms with E-state index in [0.717, 1.165) is 18.4 Å². The molecule has 1 saturated carbocycles. The van der Waals surface area contributed by atoms with Crippen LogP contribution in [0.1, 0.15) is 48.0 Å². The summed E-state index contributed by atoms with van der Waals surface area (Å²) in [5.74, 6) is 1.32. The van der Waals surface area contributed by atoms with E-state index >= 15 is 0 Å². The molecule has 2 aromatic rings. The highest BCUT2D eigenvalue weighted by Crippen LogP contribution is 2.26. The summed E-state index contributed by atoms with van der Waals surface area (Å²) in [6.07, 6.45) is 7.52. The summed E-state index contributed by atoms with van der Waals surface area (Å²) in [6, 6.07) is 8.44. The zero-order valence-electron chi connectivity index (χ0n) is 16.2. The minimum Gasteiger partial charge on any atom is -0.362 e. The Hall–Kier alpha value is -2.43. The minimum absolute atomic E-state index is 0.0102. The minimum atomic E-state index is 0.0102. The van der Waals surface area contributed by atoms with Gasteiger partial charge in [-0.05, 0) is 19.8 Å². The van der Waals surface area contributed by atoms with Crippen LogP contribution in [-0.2, 0) is 0 Å². The van der Waals surface area contributed by atoms with Gasteiger partial charge in [0, 0.05) is 38.9 Å². The van der Waals surface area contributed by atoms with E-state index in [1.807, 2.05) is 55.2 Å². The second-order valence-electron chi connectivity index (χ2n) is 7.40. The molecule has 138 valence electrons. The topological polar surface area (TPSA) is 49.3 Å². The first kappa shape index (κ1) is 18.4. The smallest absolute Gasteiger partial charge is 0.259 e. The van der Waals surface area contributed by atoms with Gasteiger partial charge in [-0.15, -0.1) is 0 Å². The number of amides is 1. The van der Waals surface area contributed by atoms with E-state index < -0.39 is 0 Å². The fourth-order valence-electron chi connectivity index (χ4n) is 3.53. The maximum absolute atomic E-state index is 13.1. The lowest BCUT2D eigenvalue weighted by molar-refractivity contribution is 0.0696. The van der Waals surface area contributed by atoms with Crippen LogP contribution in [0.15, 0.2) is 30.5 Å². The molecule has 1 amide bonds. The normalized spacial score (nSPS) is 14.9. The Morgan fingerprint density at radius 1 is 1.04 bits per heavy atom. The van der Waals surface area contributed by atoms with Crippen LogP contribution in [-0.4, -0.2) is 48.0 Å². The highest BCUT2D eigenvalue weighted by molar-refractivity contribution is 5.98. The lowest BCUT2D eigenvalue weighted by atomic mass is 9.94. The molecular weight excluding hydrogens is 324 g/mol. The zero-order valence-corrected chi connectivity index (χ0v) is 16.2. The molecule has 5 nitrogen and oxygen atoms in total. The van der Waals surface area contributed by atoms with E-state index in [4.69, 9.17) is 0 Å². The van der Waals surface area contributed by atoms with Crippen molar-refractivity contribution in [3.05, 3.63) is 41.6 Å². The Morgan fingerprint density at radius 2 is 1.69 bits per heavy atom. The lowest BCUT2D eigenvalue weighted by Gasteiger charge is -2.32. The SMILES string of the molecule is Cc1ccc(-c2ncc(C(=O)N(C)C3CCCCC3)c(N(C)C)n2)cc1. The van der Waals surface area contributed by atoms with Crippen molar-refractivity contribution in [2.45, 2.75) is 45.1 Å². The van der Waals surface area contributed by atoms with Gasteiger partial charge < -0.3 is 9.80 Å². The van der Waals surface area contributed by atoms with Crippen molar-refractivity contribution < 1.29 is 4.79 Å². The van der Waals surface area contributed by atoms with E-state index in [1.54, 1.807) is 6.20 Å². The molecule has 1 aliphatic carbocycles. The van der Waals surface area contributed by atoms with Crippen LogP contribution in [0.3, 0.4) is 0 Å². The van der Waals surface area contributed by atoms with E-state index in [9.17, 15) is 4.79 Å². The van der Waals surface area contributed by atoms with E-state index in [0.29, 0.717) is 23.2 Å². The van der Waals surface area contributed by atoms with Crippen LogP contribution in [0.2, 0.25) is 0 Å². The van der Waals surface area contributed by atoms with Gasteiger partial charge >= 0.3 is 0 Å². The van der Waals surface area contributed by atoms with Gasteiger partial charge in [-0.25, -0.2) is 9.97 Å². The quantitative estimate of drug-likeness (QED) is 0.837. The molecule has 0 N–H and O–H groups in total. The van der Waals surface area contributed by atoms with Gasteiger partial charge in [-0.3, -0.25) is 4.79 Å². The molecule has 1 heterocycles. The largest absolute Gasteiger partial charge is 0.362 e. The van der Waals surface area contributed by atoms with Crippen LogP contribution < -0.4 is 4.90 Å². The van der Waals surface area contributed by atoms with Crippen LogP contribution >= 0.6 is 0 Å². The molecule has 0 atom stereocenters. The molecule has 1 aromatic carbocycles. The summed E-state index contributed by atoms with van der Waals surface area (Å²) < 4.78 is 0. The standard InChI is InChI=1S/C21H28N4O/c1-15-10-12-16(13-11-15)19-22-14-18(20(23-19)24(2)3)21(26)25(4)17-8-6-5-7-9-17/h10-14,17H,5-9H2,1-4H3. The first-order valence-corrected chi connectivity index (χ1v) is 9.36. The summed E-state index contributed by atoms with van der Waals surface area (Å²) in [5, 5.41) is 0. The predicted octanol–water partition coefficient (Wildman–Crippen LogP) is 3.92. The third kappa shape index (κ3) is 3.87. The van der Waals surface area contributed by atoms with Crippen molar-refractivity contribution in [1.82, 2.24) is 14.9 Å². The van der Waals surface area contributed by atoms with Gasteiger partial charge in [0.2, 0.25) is 0 Å². The Bertz CT molecular complexity index is 764. The number of anilines is 1. The average molecular weight is 352 g/mol. The third-order valence-corrected chi connectivity index (χ3v) is 5.18. The van der Waals surface area contributed by atoms with Gasteiger partial charge in [-0.1, -0.05) is 49.1 Å². The second-order valence-corrected chi connectivity index (χ2v) is 7.40. The van der Waals surface area contributed by atoms with Gasteiger partial charge in [0.1, 0.15) is 11.4 Å². The molecule has 0 saturated heterocycles. The summed E-state index contributed by atoms with van der Waals surface area (Å²) in [7, 11) is 5.74. The number of nitrogens with zero attached hydrogens (tertiary/aromatic N) is 4. The number of aryl methyl sites for hydroxylation is 1. The van der Waals surface area contributed by atoms with Crippen LogP contribution in [0.25, 0.3) is 11.4 Å². The van der Waals surface area contributed by atoms with Crippen LogP contribution in [0, 0.1) is 6.92 Å². The van der Waals surface area contributed by atoms with Crippen molar-refractivity contribution in [2.24, 2.45) is 0 Å². The number of hydrogen-bond acceptors (Lipinski definition) is 4. The Labute approximate surface area is 156 Å². The summed E-state index contributed by atoms with van der Waals surface area (Å²) in [6.45, 7) is 2.05. The van der Waals surface area contributed by atoms with E-state index in [2.05, 4.69) is 16.9 Å². The first-order valence-electron chi connectivity index (χ1n) is 9.36. The number of aromatic nitrogens is 2. The van der Waals surface area contributed by atoms with Crippen molar-refractivity contribution >= 4 is 11.7 Å². The number of hydrogen-bond donors (Lipinski definition) is 0. The summed E-state index contributed by atoms with van der Waals surface area (Å²) in [4.78, 5) is 26.0. The van der Waals surface area contributed by atoms with Crippen LogP contribution in [0.5, 0.6) is 0 Å². The fourth-order valence-corrected chi connectivity index (χ4v) is 3.53. The zero-order chi connectivity index (χ0) is 18.7. The molecule has 0 spiro atoms. The molecule has 0 radical (unpaired) electrons. The molecular formula is C21H28N4O. The van der Waals surface area contributed by atoms with E-state index in [-0.39, 0.29) is 5.91 Å². The molecule has 1 fully saturated rings. The molecule has 1 aliphatic rings. The van der Waals surface area contributed by atoms with Crippen LogP contribution in [0.4, 0.5) is 5.82 Å². The number of carbonyl (C=O) groups excluding carboxylic acids is 1. The number of rotatable bonds is 4. The Kier molecular flexibility index (Phi) is 5.55. The molecule has 1 aromatic heterocycles.